The van der Waals surface area contributed by atoms with Crippen LogP contribution in [0.4, 0.5) is 0 Å². The largest absolute Gasteiger partial charge is 0.0878 e. The van der Waals surface area contributed by atoms with Gasteiger partial charge in [0.05, 0.1) is 0 Å². The fraction of sp³-hybridized carbons (Fsp3) is 0.556. The number of hydrogen-bond donors (Lipinski definition) is 0. The molecule has 0 heterocycles. The van der Waals surface area contributed by atoms with E-state index in [1.54, 1.807) is 11.1 Å². The zero-order valence-electron chi connectivity index (χ0n) is 5.85. The van der Waals surface area contributed by atoms with Crippen molar-refractivity contribution in [3.05, 3.63) is 23.3 Å². The van der Waals surface area contributed by atoms with Gasteiger partial charge in [-0.25, -0.2) is 0 Å². The van der Waals surface area contributed by atoms with Gasteiger partial charge in [-0.3, -0.25) is 0 Å². The predicted octanol–water partition coefficient (Wildman–Crippen LogP) is 2.67. The first-order valence-corrected chi connectivity index (χ1v) is 3.73. The van der Waals surface area contributed by atoms with Gasteiger partial charge in [-0.05, 0) is 32.1 Å². The van der Waals surface area contributed by atoms with Crippen LogP contribution in [0.15, 0.2) is 23.3 Å². The summed E-state index contributed by atoms with van der Waals surface area (Å²) in [7, 11) is 0. The topological polar surface area (TPSA) is 0 Å². The molecule has 1 fully saturated rings. The van der Waals surface area contributed by atoms with Crippen LogP contribution in [0.2, 0.25) is 0 Å². The van der Waals surface area contributed by atoms with Gasteiger partial charge < -0.3 is 0 Å². The summed E-state index contributed by atoms with van der Waals surface area (Å²) < 4.78 is 0. The second-order valence-electron chi connectivity index (χ2n) is 3.04. The minimum absolute atomic E-state index is 0.921. The van der Waals surface area contributed by atoms with Gasteiger partial charge in [0.1, 0.15) is 0 Å². The van der Waals surface area contributed by atoms with Crippen molar-refractivity contribution in [2.45, 2.75) is 26.2 Å². The Hall–Kier alpha value is -0.520. The average molecular weight is 120 g/mol. The van der Waals surface area contributed by atoms with E-state index in [0.717, 1.165) is 5.92 Å². The highest BCUT2D eigenvalue weighted by Gasteiger charge is 2.27. The van der Waals surface area contributed by atoms with Crippen molar-refractivity contribution in [2.24, 2.45) is 5.92 Å². The molecular formula is C9H12. The Balaban J connectivity index is 2.30. The fourth-order valence-electron chi connectivity index (χ4n) is 1.96. The van der Waals surface area contributed by atoms with Gasteiger partial charge in [-0.2, -0.15) is 0 Å². The van der Waals surface area contributed by atoms with Crippen molar-refractivity contribution in [1.29, 1.82) is 0 Å². The molecule has 0 N–H and O–H groups in total. The molecule has 1 saturated carbocycles. The van der Waals surface area contributed by atoms with Gasteiger partial charge >= 0.3 is 0 Å². The third-order valence-corrected chi connectivity index (χ3v) is 2.53. The maximum absolute atomic E-state index is 2.41. The third-order valence-electron chi connectivity index (χ3n) is 2.53. The summed E-state index contributed by atoms with van der Waals surface area (Å²) in [6.07, 6.45) is 8.71. The molecule has 0 saturated heterocycles. The Morgan fingerprint density at radius 3 is 2.89 bits per heavy atom. The molecule has 2 bridgehead atoms. The lowest BCUT2D eigenvalue weighted by Gasteiger charge is -2.06. The van der Waals surface area contributed by atoms with Crippen molar-refractivity contribution >= 4 is 0 Å². The quantitative estimate of drug-likeness (QED) is 0.431. The van der Waals surface area contributed by atoms with E-state index in [0.29, 0.717) is 0 Å². The zero-order chi connectivity index (χ0) is 6.27. The molecule has 0 amide bonds. The van der Waals surface area contributed by atoms with Crippen molar-refractivity contribution in [3.63, 3.8) is 0 Å². The summed E-state index contributed by atoms with van der Waals surface area (Å²) in [5.41, 5.74) is 3.38. The lowest BCUT2D eigenvalue weighted by molar-refractivity contribution is 0.695. The van der Waals surface area contributed by atoms with Crippen LogP contribution in [0.25, 0.3) is 0 Å². The van der Waals surface area contributed by atoms with Crippen molar-refractivity contribution in [2.75, 3.05) is 0 Å². The minimum atomic E-state index is 0.921. The van der Waals surface area contributed by atoms with Crippen molar-refractivity contribution < 1.29 is 0 Å². The average Bonchev–Trinajstić information content (AvgIpc) is 2.45. The number of fused-ring (bicyclic) bond motifs is 2. The second-order valence-corrected chi connectivity index (χ2v) is 3.04. The number of allylic oxidation sites excluding steroid dienone is 4. The van der Waals surface area contributed by atoms with Crippen LogP contribution in [0, 0.1) is 5.92 Å². The first kappa shape index (κ1) is 5.28. The second kappa shape index (κ2) is 1.73. The van der Waals surface area contributed by atoms with E-state index in [-0.39, 0.29) is 0 Å². The summed E-state index contributed by atoms with van der Waals surface area (Å²) in [5.74, 6) is 0.921. The molecule has 2 rings (SSSR count). The van der Waals surface area contributed by atoms with E-state index in [1.807, 2.05) is 0 Å². The molecule has 0 aromatic heterocycles. The Labute approximate surface area is 56.3 Å². The van der Waals surface area contributed by atoms with E-state index in [9.17, 15) is 0 Å². The zero-order valence-corrected chi connectivity index (χ0v) is 5.85. The Morgan fingerprint density at radius 1 is 1.67 bits per heavy atom. The normalized spacial score (nSPS) is 35.9. The van der Waals surface area contributed by atoms with Crippen molar-refractivity contribution in [3.8, 4) is 0 Å². The van der Waals surface area contributed by atoms with E-state index in [4.69, 9.17) is 0 Å². The van der Waals surface area contributed by atoms with Gasteiger partial charge in [-0.15, -0.1) is 0 Å². The number of rotatable bonds is 0. The maximum atomic E-state index is 2.41. The highest BCUT2D eigenvalue weighted by Crippen LogP contribution is 2.43. The van der Waals surface area contributed by atoms with Crippen LogP contribution in [0.3, 0.4) is 0 Å². The molecule has 0 aliphatic heterocycles. The summed E-state index contributed by atoms with van der Waals surface area (Å²) >= 11 is 0. The number of hydrogen-bond acceptors (Lipinski definition) is 0. The smallest absolute Gasteiger partial charge is 0.0105 e. The lowest BCUT2D eigenvalue weighted by Crippen LogP contribution is -1.92. The van der Waals surface area contributed by atoms with E-state index in [1.165, 1.54) is 19.3 Å². The van der Waals surface area contributed by atoms with Gasteiger partial charge in [-0.1, -0.05) is 23.3 Å². The first-order chi connectivity index (χ1) is 4.40. The summed E-state index contributed by atoms with van der Waals surface area (Å²) in [4.78, 5) is 0. The molecule has 0 aromatic rings. The summed E-state index contributed by atoms with van der Waals surface area (Å²) in [6, 6.07) is 0. The molecule has 9 heavy (non-hydrogen) atoms. The molecule has 1 unspecified atom stereocenters. The van der Waals surface area contributed by atoms with E-state index >= 15 is 0 Å². The molecule has 0 nitrogen and oxygen atoms in total. The van der Waals surface area contributed by atoms with E-state index < -0.39 is 0 Å². The van der Waals surface area contributed by atoms with E-state index in [2.05, 4.69) is 19.1 Å². The van der Waals surface area contributed by atoms with Crippen molar-refractivity contribution in [1.82, 2.24) is 0 Å². The molecule has 48 valence electrons. The molecule has 0 radical (unpaired) electrons. The Morgan fingerprint density at radius 2 is 2.56 bits per heavy atom. The SMILES string of the molecule is C/C=C1/CC2=CCC1C2. The van der Waals surface area contributed by atoms with Crippen LogP contribution >= 0.6 is 0 Å². The van der Waals surface area contributed by atoms with Gasteiger partial charge in [0, 0.05) is 0 Å². The first-order valence-electron chi connectivity index (χ1n) is 3.73. The molecule has 0 spiro atoms. The monoisotopic (exact) mass is 120 g/mol. The lowest BCUT2D eigenvalue weighted by atomic mass is 9.99. The predicted molar refractivity (Wildman–Crippen MR) is 39.2 cm³/mol. The highest BCUT2D eigenvalue weighted by molar-refractivity contribution is 5.32. The highest BCUT2D eigenvalue weighted by atomic mass is 14.3. The fourth-order valence-corrected chi connectivity index (χ4v) is 1.96. The molecule has 2 aliphatic carbocycles. The van der Waals surface area contributed by atoms with Crippen LogP contribution < -0.4 is 0 Å². The standard InChI is InChI=1S/C9H12/c1-2-8-5-7-3-4-9(8)6-7/h2-3,9H,4-6H2,1H3/b8-2-. The minimum Gasteiger partial charge on any atom is -0.0878 e. The maximum Gasteiger partial charge on any atom is -0.0105 e. The molecule has 0 aromatic carbocycles. The Bertz CT molecular complexity index is 184. The molecule has 2 aliphatic rings. The van der Waals surface area contributed by atoms with Crippen LogP contribution in [0.1, 0.15) is 26.2 Å². The van der Waals surface area contributed by atoms with Crippen LogP contribution in [-0.4, -0.2) is 0 Å². The van der Waals surface area contributed by atoms with Gasteiger partial charge in [0.25, 0.3) is 0 Å². The summed E-state index contributed by atoms with van der Waals surface area (Å²) in [6.45, 7) is 2.16. The van der Waals surface area contributed by atoms with Crippen LogP contribution in [-0.2, 0) is 0 Å². The Kier molecular flexibility index (Phi) is 1.01. The van der Waals surface area contributed by atoms with Gasteiger partial charge in [0.2, 0.25) is 0 Å². The third kappa shape index (κ3) is 0.658. The molecule has 1 atom stereocenters. The van der Waals surface area contributed by atoms with Gasteiger partial charge in [0.15, 0.2) is 0 Å². The summed E-state index contributed by atoms with van der Waals surface area (Å²) in [5, 5.41) is 0. The molecule has 0 heteroatoms. The molecular weight excluding hydrogens is 108 g/mol. The van der Waals surface area contributed by atoms with Crippen LogP contribution in [0.5, 0.6) is 0 Å².